The number of ether oxygens (including phenoxy) is 1. The van der Waals surface area contributed by atoms with Crippen LogP contribution in [0.3, 0.4) is 0 Å². The summed E-state index contributed by atoms with van der Waals surface area (Å²) in [7, 11) is -3.26. The zero-order valence-corrected chi connectivity index (χ0v) is 14.2. The van der Waals surface area contributed by atoms with Crippen molar-refractivity contribution < 1.29 is 22.3 Å². The SMILES string of the molecule is CS(=O)(=O)N1CCO[C@@H]2CN(C(=O)c3ccncc3F)CC[C@@H]2C1. The molecule has 24 heavy (non-hydrogen) atoms. The van der Waals surface area contributed by atoms with E-state index in [9.17, 15) is 17.6 Å². The topological polar surface area (TPSA) is 79.8 Å². The molecule has 132 valence electrons. The van der Waals surface area contributed by atoms with Gasteiger partial charge < -0.3 is 9.64 Å². The van der Waals surface area contributed by atoms with E-state index in [1.807, 2.05) is 0 Å². The van der Waals surface area contributed by atoms with Gasteiger partial charge in [0.2, 0.25) is 10.0 Å². The summed E-state index contributed by atoms with van der Waals surface area (Å²) >= 11 is 0. The third-order valence-corrected chi connectivity index (χ3v) is 5.84. The van der Waals surface area contributed by atoms with Gasteiger partial charge in [-0.15, -0.1) is 0 Å². The molecule has 2 fully saturated rings. The minimum atomic E-state index is -3.26. The fourth-order valence-corrected chi connectivity index (χ4v) is 4.09. The quantitative estimate of drug-likeness (QED) is 0.763. The molecule has 0 saturated carbocycles. The minimum Gasteiger partial charge on any atom is -0.375 e. The maximum Gasteiger partial charge on any atom is 0.257 e. The van der Waals surface area contributed by atoms with E-state index in [0.29, 0.717) is 39.2 Å². The Hall–Kier alpha value is -1.58. The van der Waals surface area contributed by atoms with Crippen LogP contribution in [0, 0.1) is 11.7 Å². The number of rotatable bonds is 2. The van der Waals surface area contributed by atoms with E-state index in [-0.39, 0.29) is 23.5 Å². The summed E-state index contributed by atoms with van der Waals surface area (Å²) in [4.78, 5) is 17.7. The molecule has 0 spiro atoms. The summed E-state index contributed by atoms with van der Waals surface area (Å²) in [6.07, 6.45) is 3.98. The minimum absolute atomic E-state index is 0.00478. The Morgan fingerprint density at radius 1 is 1.38 bits per heavy atom. The van der Waals surface area contributed by atoms with Gasteiger partial charge >= 0.3 is 0 Å². The van der Waals surface area contributed by atoms with Crippen molar-refractivity contribution in [1.29, 1.82) is 0 Å². The number of hydrogen-bond acceptors (Lipinski definition) is 5. The Kier molecular flexibility index (Phi) is 4.84. The van der Waals surface area contributed by atoms with Gasteiger partial charge in [-0.1, -0.05) is 0 Å². The molecule has 3 rings (SSSR count). The number of aromatic nitrogens is 1. The fourth-order valence-electron chi connectivity index (χ4n) is 3.23. The number of carbonyl (C=O) groups excluding carboxylic acids is 1. The number of amides is 1. The van der Waals surface area contributed by atoms with E-state index in [1.54, 1.807) is 4.90 Å². The molecule has 0 N–H and O–H groups in total. The Morgan fingerprint density at radius 3 is 2.88 bits per heavy atom. The van der Waals surface area contributed by atoms with E-state index in [2.05, 4.69) is 4.98 Å². The first-order chi connectivity index (χ1) is 11.4. The maximum atomic E-state index is 13.8. The zero-order valence-electron chi connectivity index (χ0n) is 13.4. The number of carbonyl (C=O) groups is 1. The molecular weight excluding hydrogens is 337 g/mol. The van der Waals surface area contributed by atoms with Crippen LogP contribution < -0.4 is 0 Å². The van der Waals surface area contributed by atoms with Crippen LogP contribution in [0.15, 0.2) is 18.5 Å². The summed E-state index contributed by atoms with van der Waals surface area (Å²) in [5, 5.41) is 0. The van der Waals surface area contributed by atoms with Crippen LogP contribution in [-0.4, -0.2) is 73.7 Å². The van der Waals surface area contributed by atoms with Crippen LogP contribution in [-0.2, 0) is 14.8 Å². The molecule has 7 nitrogen and oxygen atoms in total. The molecule has 2 aliphatic rings. The summed E-state index contributed by atoms with van der Waals surface area (Å²) in [5.41, 5.74) is -0.00478. The van der Waals surface area contributed by atoms with Crippen molar-refractivity contribution in [3.63, 3.8) is 0 Å². The van der Waals surface area contributed by atoms with Crippen molar-refractivity contribution in [3.05, 3.63) is 29.8 Å². The van der Waals surface area contributed by atoms with Crippen LogP contribution >= 0.6 is 0 Å². The van der Waals surface area contributed by atoms with E-state index >= 15 is 0 Å². The normalized spacial score (nSPS) is 25.8. The lowest BCUT2D eigenvalue weighted by Crippen LogP contribution is -2.49. The molecule has 3 heterocycles. The number of piperidine rings is 1. The van der Waals surface area contributed by atoms with Crippen LogP contribution in [0.2, 0.25) is 0 Å². The van der Waals surface area contributed by atoms with Crippen molar-refractivity contribution in [2.24, 2.45) is 5.92 Å². The predicted octanol–water partition coefficient (Wildman–Crippen LogP) is 0.343. The number of halogens is 1. The molecule has 0 bridgehead atoms. The molecule has 0 aliphatic carbocycles. The number of fused-ring (bicyclic) bond motifs is 1. The van der Waals surface area contributed by atoms with Gasteiger partial charge in [-0.2, -0.15) is 4.31 Å². The van der Waals surface area contributed by atoms with Gasteiger partial charge in [-0.25, -0.2) is 12.8 Å². The second-order valence-electron chi connectivity index (χ2n) is 6.19. The Labute approximate surface area is 140 Å². The average molecular weight is 357 g/mol. The molecule has 0 unspecified atom stereocenters. The van der Waals surface area contributed by atoms with Crippen molar-refractivity contribution >= 4 is 15.9 Å². The molecule has 0 radical (unpaired) electrons. The predicted molar refractivity (Wildman–Crippen MR) is 84.4 cm³/mol. The van der Waals surface area contributed by atoms with Crippen molar-refractivity contribution in [3.8, 4) is 0 Å². The van der Waals surface area contributed by atoms with Crippen LogP contribution in [0.1, 0.15) is 16.8 Å². The Bertz CT molecular complexity index is 727. The van der Waals surface area contributed by atoms with Gasteiger partial charge in [0, 0.05) is 38.3 Å². The van der Waals surface area contributed by atoms with Gasteiger partial charge in [0.05, 0.1) is 30.7 Å². The van der Waals surface area contributed by atoms with Gasteiger partial charge in [0.15, 0.2) is 5.82 Å². The smallest absolute Gasteiger partial charge is 0.257 e. The lowest BCUT2D eigenvalue weighted by atomic mass is 9.93. The lowest BCUT2D eigenvalue weighted by molar-refractivity contribution is -0.0171. The average Bonchev–Trinajstić information content (AvgIpc) is 2.76. The monoisotopic (exact) mass is 357 g/mol. The Balaban J connectivity index is 1.71. The van der Waals surface area contributed by atoms with Crippen molar-refractivity contribution in [2.75, 3.05) is 39.0 Å². The molecule has 1 aromatic rings. The number of likely N-dealkylation sites (tertiary alicyclic amines) is 1. The van der Waals surface area contributed by atoms with Crippen LogP contribution in [0.4, 0.5) is 4.39 Å². The third-order valence-electron chi connectivity index (χ3n) is 4.57. The number of nitrogens with zero attached hydrogens (tertiary/aromatic N) is 3. The molecule has 9 heteroatoms. The first kappa shape index (κ1) is 17.2. The molecule has 2 atom stereocenters. The molecule has 1 aromatic heterocycles. The third kappa shape index (κ3) is 3.57. The van der Waals surface area contributed by atoms with Gasteiger partial charge in [-0.05, 0) is 12.5 Å². The largest absolute Gasteiger partial charge is 0.375 e. The van der Waals surface area contributed by atoms with Crippen LogP contribution in [0.25, 0.3) is 0 Å². The highest BCUT2D eigenvalue weighted by atomic mass is 32.2. The lowest BCUT2D eigenvalue weighted by Gasteiger charge is -2.37. The van der Waals surface area contributed by atoms with Crippen LogP contribution in [0.5, 0.6) is 0 Å². The van der Waals surface area contributed by atoms with Crippen molar-refractivity contribution in [1.82, 2.24) is 14.2 Å². The molecule has 0 aromatic carbocycles. The highest BCUT2D eigenvalue weighted by molar-refractivity contribution is 7.88. The fraction of sp³-hybridized carbons (Fsp3) is 0.600. The first-order valence-electron chi connectivity index (χ1n) is 7.82. The second-order valence-corrected chi connectivity index (χ2v) is 8.17. The summed E-state index contributed by atoms with van der Waals surface area (Å²) < 4.78 is 44.5. The standard InChI is InChI=1S/C15H20FN3O4S/c1-24(21,22)19-6-7-23-14-10-18(5-3-11(14)9-19)15(20)12-2-4-17-8-13(12)16/h2,4,8,11,14H,3,5-7,9-10H2,1H3/t11-,14-/m1/s1. The highest BCUT2D eigenvalue weighted by Gasteiger charge is 2.37. The summed E-state index contributed by atoms with van der Waals surface area (Å²) in [6.45, 7) is 1.79. The Morgan fingerprint density at radius 2 is 2.17 bits per heavy atom. The number of pyridine rings is 1. The van der Waals surface area contributed by atoms with E-state index in [0.717, 1.165) is 6.20 Å². The maximum absolute atomic E-state index is 13.8. The molecule has 2 aliphatic heterocycles. The summed E-state index contributed by atoms with van der Waals surface area (Å²) in [5.74, 6) is -0.996. The van der Waals surface area contributed by atoms with Gasteiger partial charge in [0.25, 0.3) is 5.91 Å². The van der Waals surface area contributed by atoms with E-state index in [1.165, 1.54) is 22.8 Å². The zero-order chi connectivity index (χ0) is 17.3. The van der Waals surface area contributed by atoms with Crippen molar-refractivity contribution in [2.45, 2.75) is 12.5 Å². The van der Waals surface area contributed by atoms with Gasteiger partial charge in [-0.3, -0.25) is 9.78 Å². The highest BCUT2D eigenvalue weighted by Crippen LogP contribution is 2.26. The molecular formula is C15H20FN3O4S. The van der Waals surface area contributed by atoms with E-state index in [4.69, 9.17) is 4.74 Å². The first-order valence-corrected chi connectivity index (χ1v) is 9.66. The molecule has 1 amide bonds. The van der Waals surface area contributed by atoms with Gasteiger partial charge in [0.1, 0.15) is 0 Å². The number of hydrogen-bond donors (Lipinski definition) is 0. The second kappa shape index (κ2) is 6.73. The number of sulfonamides is 1. The molecule has 2 saturated heterocycles. The summed E-state index contributed by atoms with van der Waals surface area (Å²) in [6, 6.07) is 1.36. The van der Waals surface area contributed by atoms with E-state index < -0.39 is 15.8 Å².